The van der Waals surface area contributed by atoms with Crippen LogP contribution in [0.3, 0.4) is 0 Å². The molecule has 0 atom stereocenters. The minimum atomic E-state index is 0.0954. The van der Waals surface area contributed by atoms with Crippen LogP contribution in [-0.4, -0.2) is 23.9 Å². The van der Waals surface area contributed by atoms with Gasteiger partial charge in [0.15, 0.2) is 0 Å². The molecule has 1 rings (SSSR count). The highest BCUT2D eigenvalue weighted by molar-refractivity contribution is 5.95. The molecule has 3 nitrogen and oxygen atoms in total. The second-order valence-corrected chi connectivity index (χ2v) is 4.12. The molecule has 16 heavy (non-hydrogen) atoms. The average Bonchev–Trinajstić information content (AvgIpc) is 2.56. The first-order valence-corrected chi connectivity index (χ1v) is 5.96. The van der Waals surface area contributed by atoms with Gasteiger partial charge in [-0.15, -0.1) is 0 Å². The summed E-state index contributed by atoms with van der Waals surface area (Å²) in [4.78, 5) is 14.1. The zero-order valence-corrected chi connectivity index (χ0v) is 10.7. The molecule has 1 aromatic heterocycles. The summed E-state index contributed by atoms with van der Waals surface area (Å²) in [5.74, 6) is 1.62. The third-order valence-electron chi connectivity index (χ3n) is 2.55. The summed E-state index contributed by atoms with van der Waals surface area (Å²) in [6.45, 7) is 9.52. The van der Waals surface area contributed by atoms with E-state index in [0.29, 0.717) is 5.56 Å². The van der Waals surface area contributed by atoms with Crippen LogP contribution in [0.4, 0.5) is 0 Å². The average molecular weight is 223 g/mol. The molecule has 0 fully saturated rings. The quantitative estimate of drug-likeness (QED) is 0.768. The van der Waals surface area contributed by atoms with Crippen molar-refractivity contribution >= 4 is 5.91 Å². The van der Waals surface area contributed by atoms with Crippen LogP contribution in [0.25, 0.3) is 0 Å². The lowest BCUT2D eigenvalue weighted by molar-refractivity contribution is 0.0754. The number of furan rings is 1. The SMILES string of the molecule is CCCN(CCC)C(=O)c1cc(C)oc1C. The number of carbonyl (C=O) groups excluding carboxylic acids is 1. The van der Waals surface area contributed by atoms with E-state index in [1.807, 2.05) is 24.8 Å². The fourth-order valence-electron chi connectivity index (χ4n) is 1.87. The Morgan fingerprint density at radius 2 is 1.81 bits per heavy atom. The molecule has 0 saturated carbocycles. The van der Waals surface area contributed by atoms with E-state index in [-0.39, 0.29) is 5.91 Å². The molecule has 0 N–H and O–H groups in total. The fraction of sp³-hybridized carbons (Fsp3) is 0.615. The second kappa shape index (κ2) is 5.73. The van der Waals surface area contributed by atoms with E-state index in [4.69, 9.17) is 4.42 Å². The Kier molecular flexibility index (Phi) is 4.59. The number of nitrogens with zero attached hydrogens (tertiary/aromatic N) is 1. The van der Waals surface area contributed by atoms with Crippen molar-refractivity contribution in [3.8, 4) is 0 Å². The second-order valence-electron chi connectivity index (χ2n) is 4.12. The third-order valence-corrected chi connectivity index (χ3v) is 2.55. The monoisotopic (exact) mass is 223 g/mol. The summed E-state index contributed by atoms with van der Waals surface area (Å²) in [6, 6.07) is 1.83. The summed E-state index contributed by atoms with van der Waals surface area (Å²) >= 11 is 0. The molecule has 0 aliphatic rings. The van der Waals surface area contributed by atoms with E-state index in [0.717, 1.165) is 37.5 Å². The van der Waals surface area contributed by atoms with Crippen LogP contribution in [0.1, 0.15) is 48.6 Å². The number of rotatable bonds is 5. The molecule has 1 aromatic rings. The number of carbonyl (C=O) groups is 1. The molecule has 0 aromatic carbocycles. The van der Waals surface area contributed by atoms with Crippen LogP contribution < -0.4 is 0 Å². The maximum atomic E-state index is 12.2. The van der Waals surface area contributed by atoms with Gasteiger partial charge in [-0.3, -0.25) is 4.79 Å². The van der Waals surface area contributed by atoms with Crippen LogP contribution in [-0.2, 0) is 0 Å². The fourth-order valence-corrected chi connectivity index (χ4v) is 1.87. The summed E-state index contributed by atoms with van der Waals surface area (Å²) < 4.78 is 5.39. The normalized spacial score (nSPS) is 10.5. The van der Waals surface area contributed by atoms with Gasteiger partial charge in [-0.25, -0.2) is 0 Å². The third kappa shape index (κ3) is 2.87. The number of amides is 1. The largest absolute Gasteiger partial charge is 0.466 e. The van der Waals surface area contributed by atoms with Gasteiger partial charge in [-0.1, -0.05) is 13.8 Å². The molecule has 1 amide bonds. The van der Waals surface area contributed by atoms with Gasteiger partial charge in [0.05, 0.1) is 5.56 Å². The summed E-state index contributed by atoms with van der Waals surface area (Å²) in [5, 5.41) is 0. The van der Waals surface area contributed by atoms with Crippen LogP contribution in [0.2, 0.25) is 0 Å². The summed E-state index contributed by atoms with van der Waals surface area (Å²) in [6.07, 6.45) is 1.98. The van der Waals surface area contributed by atoms with Crippen molar-refractivity contribution in [2.24, 2.45) is 0 Å². The Morgan fingerprint density at radius 3 is 2.19 bits per heavy atom. The summed E-state index contributed by atoms with van der Waals surface area (Å²) in [7, 11) is 0. The molecule has 0 aliphatic carbocycles. The predicted molar refractivity (Wildman–Crippen MR) is 64.7 cm³/mol. The molecular weight excluding hydrogens is 202 g/mol. The standard InChI is InChI=1S/C13H21NO2/c1-5-7-14(8-6-2)13(15)12-9-10(3)16-11(12)4/h9H,5-8H2,1-4H3. The van der Waals surface area contributed by atoms with E-state index in [9.17, 15) is 4.79 Å². The Bertz CT molecular complexity index is 349. The molecule has 0 bridgehead atoms. The molecule has 0 radical (unpaired) electrons. The van der Waals surface area contributed by atoms with E-state index in [1.54, 1.807) is 0 Å². The van der Waals surface area contributed by atoms with Gasteiger partial charge in [0.1, 0.15) is 11.5 Å². The zero-order chi connectivity index (χ0) is 12.1. The van der Waals surface area contributed by atoms with Crippen molar-refractivity contribution in [2.75, 3.05) is 13.1 Å². The maximum Gasteiger partial charge on any atom is 0.257 e. The first-order valence-electron chi connectivity index (χ1n) is 5.96. The zero-order valence-electron chi connectivity index (χ0n) is 10.7. The van der Waals surface area contributed by atoms with Crippen molar-refractivity contribution in [1.29, 1.82) is 0 Å². The predicted octanol–water partition coefficient (Wildman–Crippen LogP) is 3.16. The van der Waals surface area contributed by atoms with Gasteiger partial charge in [0.2, 0.25) is 0 Å². The van der Waals surface area contributed by atoms with Gasteiger partial charge in [0, 0.05) is 13.1 Å². The number of aryl methyl sites for hydroxylation is 2. The number of hydrogen-bond acceptors (Lipinski definition) is 2. The van der Waals surface area contributed by atoms with Gasteiger partial charge < -0.3 is 9.32 Å². The van der Waals surface area contributed by atoms with Gasteiger partial charge >= 0.3 is 0 Å². The van der Waals surface area contributed by atoms with E-state index in [1.165, 1.54) is 0 Å². The Morgan fingerprint density at radius 1 is 1.25 bits per heavy atom. The molecule has 0 unspecified atom stereocenters. The minimum Gasteiger partial charge on any atom is -0.466 e. The molecule has 3 heteroatoms. The van der Waals surface area contributed by atoms with Crippen molar-refractivity contribution in [1.82, 2.24) is 4.90 Å². The first kappa shape index (κ1) is 12.8. The summed E-state index contributed by atoms with van der Waals surface area (Å²) in [5.41, 5.74) is 0.708. The van der Waals surface area contributed by atoms with Crippen molar-refractivity contribution in [3.05, 3.63) is 23.2 Å². The van der Waals surface area contributed by atoms with Gasteiger partial charge in [0.25, 0.3) is 5.91 Å². The number of hydrogen-bond donors (Lipinski definition) is 0. The minimum absolute atomic E-state index is 0.0954. The highest BCUT2D eigenvalue weighted by Gasteiger charge is 2.18. The molecule has 0 saturated heterocycles. The van der Waals surface area contributed by atoms with Gasteiger partial charge in [-0.2, -0.15) is 0 Å². The lowest BCUT2D eigenvalue weighted by Gasteiger charge is -2.20. The Balaban J connectivity index is 2.85. The Hall–Kier alpha value is -1.25. The van der Waals surface area contributed by atoms with Crippen molar-refractivity contribution in [2.45, 2.75) is 40.5 Å². The van der Waals surface area contributed by atoms with Crippen LogP contribution in [0, 0.1) is 13.8 Å². The maximum absolute atomic E-state index is 12.2. The van der Waals surface area contributed by atoms with Crippen molar-refractivity contribution in [3.63, 3.8) is 0 Å². The Labute approximate surface area is 97.4 Å². The van der Waals surface area contributed by atoms with Crippen LogP contribution in [0.15, 0.2) is 10.5 Å². The van der Waals surface area contributed by atoms with E-state index in [2.05, 4.69) is 13.8 Å². The van der Waals surface area contributed by atoms with Crippen molar-refractivity contribution < 1.29 is 9.21 Å². The lowest BCUT2D eigenvalue weighted by atomic mass is 10.2. The van der Waals surface area contributed by atoms with Crippen LogP contribution in [0.5, 0.6) is 0 Å². The highest BCUT2D eigenvalue weighted by Crippen LogP contribution is 2.16. The topological polar surface area (TPSA) is 33.5 Å². The van der Waals surface area contributed by atoms with Gasteiger partial charge in [-0.05, 0) is 32.8 Å². The molecule has 0 spiro atoms. The first-order chi connectivity index (χ1) is 7.60. The molecule has 1 heterocycles. The van der Waals surface area contributed by atoms with E-state index >= 15 is 0 Å². The van der Waals surface area contributed by atoms with E-state index < -0.39 is 0 Å². The molecule has 90 valence electrons. The highest BCUT2D eigenvalue weighted by atomic mass is 16.3. The lowest BCUT2D eigenvalue weighted by Crippen LogP contribution is -2.32. The molecule has 0 aliphatic heterocycles. The smallest absolute Gasteiger partial charge is 0.257 e. The molecular formula is C13H21NO2. The van der Waals surface area contributed by atoms with Crippen LogP contribution >= 0.6 is 0 Å².